The van der Waals surface area contributed by atoms with Crippen molar-refractivity contribution in [3.05, 3.63) is 63.4 Å². The topological polar surface area (TPSA) is 39.2 Å². The summed E-state index contributed by atoms with van der Waals surface area (Å²) in [4.78, 5) is 16.7. The summed E-state index contributed by atoms with van der Waals surface area (Å²) in [5.74, 6) is 0.794. The van der Waals surface area contributed by atoms with Crippen LogP contribution in [0.4, 0.5) is 0 Å². The zero-order chi connectivity index (χ0) is 14.8. The Hall–Kier alpha value is -1.94. The predicted molar refractivity (Wildman–Crippen MR) is 85.6 cm³/mol. The second-order valence-corrected chi connectivity index (χ2v) is 5.87. The van der Waals surface area contributed by atoms with Crippen molar-refractivity contribution in [3.63, 3.8) is 0 Å². The van der Waals surface area contributed by atoms with Gasteiger partial charge in [0.25, 0.3) is 0 Å². The number of hydrogen-bond acceptors (Lipinski definition) is 3. The zero-order valence-corrected chi connectivity index (χ0v) is 13.2. The molecule has 1 aromatic heterocycles. The van der Waals surface area contributed by atoms with Crippen LogP contribution in [0.3, 0.4) is 0 Å². The number of methoxy groups -OCH3 is 1. The third-order valence-corrected chi connectivity index (χ3v) is 4.02. The Bertz CT molecular complexity index is 737. The highest BCUT2D eigenvalue weighted by Gasteiger charge is 2.22. The van der Waals surface area contributed by atoms with Crippen molar-refractivity contribution in [2.45, 2.75) is 12.8 Å². The van der Waals surface area contributed by atoms with Crippen molar-refractivity contribution in [2.75, 3.05) is 7.11 Å². The highest BCUT2D eigenvalue weighted by Crippen LogP contribution is 2.29. The van der Waals surface area contributed by atoms with Gasteiger partial charge in [0, 0.05) is 28.0 Å². The number of Topliss-reactive ketones (excluding diaryl/α,β-unsaturated/α-hetero) is 1. The van der Waals surface area contributed by atoms with Crippen molar-refractivity contribution >= 4 is 27.8 Å². The third kappa shape index (κ3) is 2.90. The van der Waals surface area contributed by atoms with E-state index in [-0.39, 0.29) is 5.78 Å². The number of carbonyl (C=O) groups excluding carboxylic acids is 1. The van der Waals surface area contributed by atoms with Gasteiger partial charge in [-0.3, -0.25) is 9.78 Å². The second kappa shape index (κ2) is 5.82. The number of fused-ring (bicyclic) bond motifs is 1. The molecule has 3 rings (SSSR count). The fourth-order valence-electron chi connectivity index (χ4n) is 2.51. The van der Waals surface area contributed by atoms with Gasteiger partial charge in [0.15, 0.2) is 5.78 Å². The van der Waals surface area contributed by atoms with Crippen LogP contribution in [0.15, 0.2) is 46.7 Å². The average molecular weight is 344 g/mol. The van der Waals surface area contributed by atoms with Gasteiger partial charge in [-0.15, -0.1) is 0 Å². The molecule has 0 radical (unpaired) electrons. The largest absolute Gasteiger partial charge is 0.497 e. The molecular formula is C17H14BrNO2. The number of nitrogens with zero attached hydrogens (tertiary/aromatic N) is 1. The third-order valence-electron chi connectivity index (χ3n) is 3.58. The molecule has 0 atom stereocenters. The highest BCUT2D eigenvalue weighted by atomic mass is 79.9. The SMILES string of the molecule is COc1ccc2c(c1)C(=O)C(=Cc1cncc(Br)c1)CC2. The molecule has 3 nitrogen and oxygen atoms in total. The van der Waals surface area contributed by atoms with Crippen LogP contribution >= 0.6 is 15.9 Å². The molecule has 21 heavy (non-hydrogen) atoms. The first-order valence-electron chi connectivity index (χ1n) is 6.70. The average Bonchev–Trinajstić information content (AvgIpc) is 2.50. The molecule has 106 valence electrons. The van der Waals surface area contributed by atoms with Gasteiger partial charge in [-0.1, -0.05) is 6.07 Å². The predicted octanol–water partition coefficient (Wildman–Crippen LogP) is 4.07. The number of carbonyl (C=O) groups is 1. The number of pyridine rings is 1. The van der Waals surface area contributed by atoms with Crippen LogP contribution < -0.4 is 4.74 Å². The molecule has 4 heteroatoms. The Morgan fingerprint density at radius 1 is 1.24 bits per heavy atom. The molecule has 1 aliphatic carbocycles. The highest BCUT2D eigenvalue weighted by molar-refractivity contribution is 9.10. The molecule has 0 amide bonds. The monoisotopic (exact) mass is 343 g/mol. The quantitative estimate of drug-likeness (QED) is 0.771. The fourth-order valence-corrected chi connectivity index (χ4v) is 2.90. The fraction of sp³-hybridized carbons (Fsp3) is 0.176. The Labute approximate surface area is 131 Å². The summed E-state index contributed by atoms with van der Waals surface area (Å²) in [6.07, 6.45) is 7.03. The molecule has 0 saturated carbocycles. The lowest BCUT2D eigenvalue weighted by Gasteiger charge is -2.18. The maximum absolute atomic E-state index is 12.6. The molecule has 1 aliphatic rings. The number of ether oxygens (including phenoxy) is 1. The van der Waals surface area contributed by atoms with E-state index in [0.717, 1.165) is 39.6 Å². The number of allylic oxidation sites excluding steroid dienone is 1. The summed E-state index contributed by atoms with van der Waals surface area (Å²) in [6.45, 7) is 0. The molecule has 0 N–H and O–H groups in total. The van der Waals surface area contributed by atoms with E-state index in [9.17, 15) is 4.79 Å². The van der Waals surface area contributed by atoms with Gasteiger partial charge in [-0.25, -0.2) is 0 Å². The maximum atomic E-state index is 12.6. The number of hydrogen-bond donors (Lipinski definition) is 0. The minimum absolute atomic E-state index is 0.0788. The Morgan fingerprint density at radius 3 is 2.86 bits per heavy atom. The zero-order valence-electron chi connectivity index (χ0n) is 11.6. The molecule has 0 aliphatic heterocycles. The molecule has 1 heterocycles. The van der Waals surface area contributed by atoms with Crippen LogP contribution in [0.25, 0.3) is 6.08 Å². The Balaban J connectivity index is 1.98. The summed E-state index contributed by atoms with van der Waals surface area (Å²) in [5, 5.41) is 0. The lowest BCUT2D eigenvalue weighted by atomic mass is 9.86. The van der Waals surface area contributed by atoms with Gasteiger partial charge in [-0.2, -0.15) is 0 Å². The van der Waals surface area contributed by atoms with Crippen LogP contribution in [0.1, 0.15) is 27.9 Å². The van der Waals surface area contributed by atoms with E-state index >= 15 is 0 Å². The van der Waals surface area contributed by atoms with E-state index in [2.05, 4.69) is 20.9 Å². The molecule has 0 bridgehead atoms. The van der Waals surface area contributed by atoms with Gasteiger partial charge in [0.1, 0.15) is 5.75 Å². The lowest BCUT2D eigenvalue weighted by molar-refractivity contribution is 0.102. The standard InChI is InChI=1S/C17H14BrNO2/c1-21-15-5-4-12-2-3-13(17(20)16(12)8-15)6-11-7-14(18)10-19-9-11/h4-10H,2-3H2,1H3. The minimum atomic E-state index is 0.0788. The number of benzene rings is 1. The molecule has 2 aromatic rings. The van der Waals surface area contributed by atoms with E-state index in [4.69, 9.17) is 4.74 Å². The Morgan fingerprint density at radius 2 is 2.10 bits per heavy atom. The maximum Gasteiger partial charge on any atom is 0.189 e. The van der Waals surface area contributed by atoms with Crippen molar-refractivity contribution in [1.29, 1.82) is 0 Å². The number of aryl methyl sites for hydroxylation is 1. The van der Waals surface area contributed by atoms with Crippen molar-refractivity contribution in [1.82, 2.24) is 4.98 Å². The molecule has 0 saturated heterocycles. The molecule has 0 spiro atoms. The lowest BCUT2D eigenvalue weighted by Crippen LogP contribution is -2.14. The first-order chi connectivity index (χ1) is 10.2. The summed E-state index contributed by atoms with van der Waals surface area (Å²) < 4.78 is 6.11. The Kier molecular flexibility index (Phi) is 3.88. The first kappa shape index (κ1) is 14.0. The van der Waals surface area contributed by atoms with Crippen molar-refractivity contribution in [3.8, 4) is 5.75 Å². The molecule has 0 unspecified atom stereocenters. The van der Waals surface area contributed by atoms with E-state index in [1.807, 2.05) is 30.3 Å². The van der Waals surface area contributed by atoms with Gasteiger partial charge >= 0.3 is 0 Å². The number of rotatable bonds is 2. The van der Waals surface area contributed by atoms with Crippen LogP contribution in [0.2, 0.25) is 0 Å². The van der Waals surface area contributed by atoms with Crippen molar-refractivity contribution in [2.24, 2.45) is 0 Å². The first-order valence-corrected chi connectivity index (χ1v) is 7.49. The van der Waals surface area contributed by atoms with E-state index in [0.29, 0.717) is 5.75 Å². The van der Waals surface area contributed by atoms with Gasteiger partial charge in [0.05, 0.1) is 7.11 Å². The van der Waals surface area contributed by atoms with E-state index < -0.39 is 0 Å². The summed E-state index contributed by atoms with van der Waals surface area (Å²) in [7, 11) is 1.61. The summed E-state index contributed by atoms with van der Waals surface area (Å²) in [6, 6.07) is 7.65. The number of aromatic nitrogens is 1. The van der Waals surface area contributed by atoms with E-state index in [1.54, 1.807) is 19.5 Å². The molecule has 0 fully saturated rings. The van der Waals surface area contributed by atoms with Crippen LogP contribution in [0, 0.1) is 0 Å². The van der Waals surface area contributed by atoms with E-state index in [1.165, 1.54) is 0 Å². The summed E-state index contributed by atoms with van der Waals surface area (Å²) in [5.41, 5.74) is 3.58. The second-order valence-electron chi connectivity index (χ2n) is 4.96. The normalized spacial score (nSPS) is 15.9. The van der Waals surface area contributed by atoms with Crippen LogP contribution in [0.5, 0.6) is 5.75 Å². The van der Waals surface area contributed by atoms with Crippen LogP contribution in [-0.4, -0.2) is 17.9 Å². The minimum Gasteiger partial charge on any atom is -0.497 e. The molecule has 1 aromatic carbocycles. The summed E-state index contributed by atoms with van der Waals surface area (Å²) >= 11 is 3.39. The smallest absolute Gasteiger partial charge is 0.189 e. The molecular weight excluding hydrogens is 330 g/mol. The number of halogens is 1. The van der Waals surface area contributed by atoms with Gasteiger partial charge in [-0.05, 0) is 64.2 Å². The van der Waals surface area contributed by atoms with Gasteiger partial charge < -0.3 is 4.74 Å². The van der Waals surface area contributed by atoms with Crippen LogP contribution in [-0.2, 0) is 6.42 Å². The van der Waals surface area contributed by atoms with Gasteiger partial charge in [0.2, 0.25) is 0 Å². The van der Waals surface area contributed by atoms with Crippen molar-refractivity contribution < 1.29 is 9.53 Å². The number of ketones is 1.